The molecule has 24 heavy (non-hydrogen) atoms. The highest BCUT2D eigenvalue weighted by Gasteiger charge is 2.10. The van der Waals surface area contributed by atoms with Crippen LogP contribution in [0.2, 0.25) is 10.0 Å². The van der Waals surface area contributed by atoms with Gasteiger partial charge >= 0.3 is 6.16 Å². The Morgan fingerprint density at radius 2 is 1.25 bits per heavy atom. The van der Waals surface area contributed by atoms with E-state index in [0.717, 1.165) is 11.1 Å². The van der Waals surface area contributed by atoms with Gasteiger partial charge in [-0.15, -0.1) is 0 Å². The van der Waals surface area contributed by atoms with Gasteiger partial charge in [-0.2, -0.15) is 0 Å². The van der Waals surface area contributed by atoms with Crippen molar-refractivity contribution in [2.45, 2.75) is 0 Å². The summed E-state index contributed by atoms with van der Waals surface area (Å²) >= 11 is 11.8. The molecule has 0 atom stereocenters. The van der Waals surface area contributed by atoms with Gasteiger partial charge in [-0.25, -0.2) is 9.78 Å². The van der Waals surface area contributed by atoms with E-state index in [4.69, 9.17) is 33.0 Å². The van der Waals surface area contributed by atoms with Crippen molar-refractivity contribution in [1.82, 2.24) is 4.98 Å². The lowest BCUT2D eigenvalue weighted by Crippen LogP contribution is -2.04. The predicted octanol–water partition coefficient (Wildman–Crippen LogP) is 5.78. The Balaban J connectivity index is 2.11. The van der Waals surface area contributed by atoms with Gasteiger partial charge in [-0.05, 0) is 24.3 Å². The van der Waals surface area contributed by atoms with E-state index in [-0.39, 0.29) is 5.75 Å². The van der Waals surface area contributed by atoms with Crippen LogP contribution in [-0.4, -0.2) is 16.2 Å². The van der Waals surface area contributed by atoms with Crippen LogP contribution in [0.1, 0.15) is 0 Å². The fourth-order valence-electron chi connectivity index (χ4n) is 2.20. The number of hydrogen-bond donors (Lipinski definition) is 1. The number of ether oxygens (including phenoxy) is 1. The lowest BCUT2D eigenvalue weighted by atomic mass is 10.1. The second kappa shape index (κ2) is 6.91. The first kappa shape index (κ1) is 16.3. The molecule has 2 aromatic carbocycles. The zero-order chi connectivity index (χ0) is 17.1. The van der Waals surface area contributed by atoms with Crippen molar-refractivity contribution in [3.63, 3.8) is 0 Å². The lowest BCUT2D eigenvalue weighted by molar-refractivity contribution is 0.144. The number of pyridine rings is 1. The van der Waals surface area contributed by atoms with Gasteiger partial charge in [0.1, 0.15) is 5.75 Å². The van der Waals surface area contributed by atoms with Gasteiger partial charge in [0.25, 0.3) is 0 Å². The summed E-state index contributed by atoms with van der Waals surface area (Å²) in [4.78, 5) is 15.5. The quantitative estimate of drug-likeness (QED) is 0.602. The van der Waals surface area contributed by atoms with E-state index >= 15 is 0 Å². The summed E-state index contributed by atoms with van der Waals surface area (Å²) in [5, 5.41) is 10.1. The van der Waals surface area contributed by atoms with Crippen LogP contribution in [-0.2, 0) is 0 Å². The van der Waals surface area contributed by atoms with Crippen molar-refractivity contribution in [3.05, 3.63) is 70.7 Å². The third-order valence-corrected chi connectivity index (χ3v) is 3.79. The Morgan fingerprint density at radius 1 is 0.833 bits per heavy atom. The maximum Gasteiger partial charge on any atom is 0.511 e. The fourth-order valence-corrected chi connectivity index (χ4v) is 2.45. The highest BCUT2D eigenvalue weighted by atomic mass is 35.5. The van der Waals surface area contributed by atoms with E-state index in [1.807, 2.05) is 0 Å². The molecular weight excluding hydrogens is 349 g/mol. The maximum atomic E-state index is 10.9. The number of benzene rings is 2. The molecule has 0 amide bonds. The Bertz CT molecular complexity index is 814. The van der Waals surface area contributed by atoms with Crippen molar-refractivity contribution < 1.29 is 14.6 Å². The second-order valence-corrected chi connectivity index (χ2v) is 5.83. The Kier molecular flexibility index (Phi) is 4.69. The molecule has 6 heteroatoms. The average Bonchev–Trinajstić information content (AvgIpc) is 2.55. The molecule has 0 radical (unpaired) electrons. The minimum Gasteiger partial charge on any atom is -0.449 e. The molecule has 4 nitrogen and oxygen atoms in total. The van der Waals surface area contributed by atoms with Crippen LogP contribution in [0, 0.1) is 0 Å². The molecule has 1 N–H and O–H groups in total. The molecule has 3 rings (SSSR count). The van der Waals surface area contributed by atoms with Crippen LogP contribution in [0.15, 0.2) is 60.7 Å². The van der Waals surface area contributed by atoms with Gasteiger partial charge in [-0.1, -0.05) is 47.5 Å². The summed E-state index contributed by atoms with van der Waals surface area (Å²) in [6.07, 6.45) is -1.38. The molecule has 0 aliphatic rings. The third kappa shape index (κ3) is 3.85. The SMILES string of the molecule is O=C(O)Oc1cc(-c2ccc(Cl)cc2)nc(-c2ccc(Cl)cc2)c1. The minimum absolute atomic E-state index is 0.187. The summed E-state index contributed by atoms with van der Waals surface area (Å²) in [7, 11) is 0. The van der Waals surface area contributed by atoms with Crippen LogP contribution >= 0.6 is 23.2 Å². The molecule has 3 aromatic rings. The van der Waals surface area contributed by atoms with Crippen molar-refractivity contribution in [1.29, 1.82) is 0 Å². The first-order valence-corrected chi connectivity index (χ1v) is 7.71. The number of carboxylic acid groups (broad SMARTS) is 1. The third-order valence-electron chi connectivity index (χ3n) is 3.28. The van der Waals surface area contributed by atoms with Gasteiger partial charge < -0.3 is 9.84 Å². The minimum atomic E-state index is -1.38. The number of hydrogen-bond acceptors (Lipinski definition) is 3. The molecule has 0 fully saturated rings. The van der Waals surface area contributed by atoms with Gasteiger partial charge in [0.15, 0.2) is 0 Å². The lowest BCUT2D eigenvalue weighted by Gasteiger charge is -2.09. The van der Waals surface area contributed by atoms with E-state index in [2.05, 4.69) is 4.98 Å². The Hall–Kier alpha value is -2.56. The van der Waals surface area contributed by atoms with E-state index in [1.54, 1.807) is 60.7 Å². The standard InChI is InChI=1S/C18H11Cl2NO3/c19-13-5-1-11(2-6-13)16-9-15(24-18(22)23)10-17(21-16)12-3-7-14(20)8-4-12/h1-10H,(H,22,23). The summed E-state index contributed by atoms with van der Waals surface area (Å²) in [5.41, 5.74) is 2.75. The van der Waals surface area contributed by atoms with Crippen molar-refractivity contribution >= 4 is 29.4 Å². The molecule has 120 valence electrons. The molecule has 0 aliphatic heterocycles. The number of aromatic nitrogens is 1. The Labute approximate surface area is 148 Å². The zero-order valence-electron chi connectivity index (χ0n) is 12.2. The monoisotopic (exact) mass is 359 g/mol. The fraction of sp³-hybridized carbons (Fsp3) is 0. The van der Waals surface area contributed by atoms with Gasteiger partial charge in [0.05, 0.1) is 11.4 Å². The van der Waals surface area contributed by atoms with Crippen LogP contribution in [0.5, 0.6) is 5.75 Å². The van der Waals surface area contributed by atoms with Gasteiger partial charge in [-0.3, -0.25) is 0 Å². The van der Waals surface area contributed by atoms with Crippen LogP contribution < -0.4 is 4.74 Å². The molecule has 0 bridgehead atoms. The summed E-state index contributed by atoms with van der Waals surface area (Å²) in [6, 6.07) is 17.3. The van der Waals surface area contributed by atoms with E-state index in [0.29, 0.717) is 21.4 Å². The largest absolute Gasteiger partial charge is 0.511 e. The molecule has 0 spiro atoms. The highest BCUT2D eigenvalue weighted by Crippen LogP contribution is 2.29. The Morgan fingerprint density at radius 3 is 1.62 bits per heavy atom. The molecule has 0 aliphatic carbocycles. The number of carbonyl (C=O) groups is 1. The molecule has 0 unspecified atom stereocenters. The second-order valence-electron chi connectivity index (χ2n) is 4.96. The van der Waals surface area contributed by atoms with Crippen LogP contribution in [0.3, 0.4) is 0 Å². The predicted molar refractivity (Wildman–Crippen MR) is 93.8 cm³/mol. The van der Waals surface area contributed by atoms with Gasteiger partial charge in [0, 0.05) is 33.3 Å². The normalized spacial score (nSPS) is 10.4. The van der Waals surface area contributed by atoms with E-state index in [9.17, 15) is 4.79 Å². The summed E-state index contributed by atoms with van der Waals surface area (Å²) < 4.78 is 4.81. The first-order valence-electron chi connectivity index (χ1n) is 6.96. The molecule has 0 saturated carbocycles. The maximum absolute atomic E-state index is 10.9. The van der Waals surface area contributed by atoms with Crippen molar-refractivity contribution in [3.8, 4) is 28.3 Å². The van der Waals surface area contributed by atoms with Crippen molar-refractivity contribution in [2.75, 3.05) is 0 Å². The summed E-state index contributed by atoms with van der Waals surface area (Å²) in [5.74, 6) is 0.187. The summed E-state index contributed by atoms with van der Waals surface area (Å²) in [6.45, 7) is 0. The van der Waals surface area contributed by atoms with Crippen molar-refractivity contribution in [2.24, 2.45) is 0 Å². The zero-order valence-corrected chi connectivity index (χ0v) is 13.8. The molecular formula is C18H11Cl2NO3. The van der Waals surface area contributed by atoms with E-state index < -0.39 is 6.16 Å². The molecule has 1 heterocycles. The van der Waals surface area contributed by atoms with E-state index in [1.165, 1.54) is 0 Å². The number of halogens is 2. The molecule has 1 aromatic heterocycles. The number of nitrogens with zero attached hydrogens (tertiary/aromatic N) is 1. The number of rotatable bonds is 3. The average molecular weight is 360 g/mol. The molecule has 0 saturated heterocycles. The highest BCUT2D eigenvalue weighted by molar-refractivity contribution is 6.30. The smallest absolute Gasteiger partial charge is 0.449 e. The first-order chi connectivity index (χ1) is 11.5. The van der Waals surface area contributed by atoms with Crippen LogP contribution in [0.25, 0.3) is 22.5 Å². The van der Waals surface area contributed by atoms with Crippen LogP contribution in [0.4, 0.5) is 4.79 Å². The van der Waals surface area contributed by atoms with Gasteiger partial charge in [0.2, 0.25) is 0 Å². The topological polar surface area (TPSA) is 59.4 Å².